The second-order valence-electron chi connectivity index (χ2n) is 1.43. The van der Waals surface area contributed by atoms with E-state index in [1.165, 1.54) is 0 Å². The minimum absolute atomic E-state index is 0. The normalized spacial score (nSPS) is 10.3. The summed E-state index contributed by atoms with van der Waals surface area (Å²) in [7, 11) is -3.59. The zero-order valence-electron chi connectivity index (χ0n) is 5.41. The number of hydroxylamine groups is 1. The first-order chi connectivity index (χ1) is 4.62. The molecule has 0 saturated carbocycles. The molecule has 0 spiro atoms. The molecule has 0 radical (unpaired) electrons. The molecule has 0 rings (SSSR count). The van der Waals surface area contributed by atoms with E-state index in [1.807, 2.05) is 0 Å². The van der Waals surface area contributed by atoms with Crippen molar-refractivity contribution in [2.24, 2.45) is 5.73 Å². The molecule has 62 valence electrons. The molecule has 0 atom stereocenters. The molecule has 0 aromatic heterocycles. The molecule has 5 nitrogen and oxygen atoms in total. The van der Waals surface area contributed by atoms with Crippen LogP contribution in [-0.2, 0) is 14.4 Å². The van der Waals surface area contributed by atoms with E-state index >= 15 is 0 Å². The molecule has 0 aliphatic heterocycles. The Morgan fingerprint density at radius 3 is 2.55 bits per heavy atom. The average molecular weight is 190 g/mol. The van der Waals surface area contributed by atoms with E-state index in [9.17, 15) is 8.42 Å². The number of nitrogens with one attached hydrogen (secondary N) is 1. The van der Waals surface area contributed by atoms with E-state index in [4.69, 9.17) is 5.73 Å². The third-order valence-corrected chi connectivity index (χ3v) is 1.38. The fourth-order valence-electron chi connectivity index (χ4n) is 0.217. The zero-order chi connectivity index (χ0) is 8.04. The van der Waals surface area contributed by atoms with Crippen molar-refractivity contribution < 1.29 is 12.7 Å². The summed E-state index contributed by atoms with van der Waals surface area (Å²) in [5, 5.41) is 0.705. The van der Waals surface area contributed by atoms with Gasteiger partial charge in [-0.25, -0.2) is 0 Å². The third kappa shape index (κ3) is 8.48. The summed E-state index contributed by atoms with van der Waals surface area (Å²) >= 11 is 0. The molecule has 0 aromatic rings. The topological polar surface area (TPSA) is 81.4 Å². The van der Waals surface area contributed by atoms with Crippen LogP contribution in [-0.4, -0.2) is 51.1 Å². The summed E-state index contributed by atoms with van der Waals surface area (Å²) in [6, 6.07) is 0. The third-order valence-electron chi connectivity index (χ3n) is 0.626. The number of nitrogens with two attached hydrogens (primary N) is 1. The quantitative estimate of drug-likeness (QED) is 0.306. The molecular formula is C4H11N2NaO3S. The van der Waals surface area contributed by atoms with Crippen molar-refractivity contribution in [2.45, 2.75) is 0 Å². The Balaban J connectivity index is 0. The van der Waals surface area contributed by atoms with Gasteiger partial charge in [0.2, 0.25) is 0 Å². The average Bonchev–Trinajstić information content (AvgIpc) is 1.89. The molecule has 7 heteroatoms. The van der Waals surface area contributed by atoms with Crippen LogP contribution in [0.25, 0.3) is 0 Å². The van der Waals surface area contributed by atoms with Crippen LogP contribution in [0.3, 0.4) is 0 Å². The standard InChI is InChI=1S/C4H10N2O3S.Na.H/c1-2-10(7,8)9-6-4-3-5;;/h2,6H,1,3-5H2;;. The summed E-state index contributed by atoms with van der Waals surface area (Å²) in [6.07, 6.45) is 0. The van der Waals surface area contributed by atoms with E-state index in [1.54, 1.807) is 0 Å². The minimum atomic E-state index is -3.59. The van der Waals surface area contributed by atoms with Gasteiger partial charge in [0.05, 0.1) is 5.41 Å². The Kier molecular flexibility index (Phi) is 9.28. The van der Waals surface area contributed by atoms with Crippen LogP contribution in [0.5, 0.6) is 0 Å². The molecule has 0 amide bonds. The van der Waals surface area contributed by atoms with Crippen molar-refractivity contribution >= 4 is 39.7 Å². The van der Waals surface area contributed by atoms with Crippen molar-refractivity contribution in [2.75, 3.05) is 13.1 Å². The fraction of sp³-hybridized carbons (Fsp3) is 0.500. The van der Waals surface area contributed by atoms with Crippen LogP contribution in [0.1, 0.15) is 0 Å². The molecule has 3 N–H and O–H groups in total. The van der Waals surface area contributed by atoms with E-state index in [0.717, 1.165) is 0 Å². The first kappa shape index (κ1) is 14.1. The molecule has 0 aliphatic carbocycles. The Labute approximate surface area is 88.3 Å². The van der Waals surface area contributed by atoms with E-state index in [0.29, 0.717) is 12.0 Å². The zero-order valence-corrected chi connectivity index (χ0v) is 6.23. The number of hydrogen-bond donors (Lipinski definition) is 2. The van der Waals surface area contributed by atoms with Gasteiger partial charge in [0.1, 0.15) is 0 Å². The van der Waals surface area contributed by atoms with Crippen LogP contribution in [0.15, 0.2) is 12.0 Å². The maximum atomic E-state index is 10.4. The maximum absolute atomic E-state index is 10.4. The molecule has 0 heterocycles. The summed E-state index contributed by atoms with van der Waals surface area (Å²) in [5.74, 6) is 0. The van der Waals surface area contributed by atoms with Crippen LogP contribution in [0.2, 0.25) is 0 Å². The second kappa shape index (κ2) is 7.23. The summed E-state index contributed by atoms with van der Waals surface area (Å²) in [6.45, 7) is 3.62. The van der Waals surface area contributed by atoms with Crippen LogP contribution in [0, 0.1) is 0 Å². The number of hydrogen-bond acceptors (Lipinski definition) is 5. The van der Waals surface area contributed by atoms with Gasteiger partial charge in [-0.1, -0.05) is 6.58 Å². The Hall–Kier alpha value is 0.570. The molecule has 0 fully saturated rings. The van der Waals surface area contributed by atoms with E-state index < -0.39 is 10.1 Å². The Bertz CT molecular complexity index is 192. The van der Waals surface area contributed by atoms with Crippen molar-refractivity contribution in [3.8, 4) is 0 Å². The summed E-state index contributed by atoms with van der Waals surface area (Å²) < 4.78 is 25.0. The van der Waals surface area contributed by atoms with E-state index in [2.05, 4.69) is 16.3 Å². The fourth-order valence-corrected chi connectivity index (χ4v) is 0.532. The Morgan fingerprint density at radius 1 is 1.64 bits per heavy atom. The molecule has 0 bridgehead atoms. The van der Waals surface area contributed by atoms with Gasteiger partial charge < -0.3 is 5.73 Å². The van der Waals surface area contributed by atoms with Gasteiger partial charge in [0, 0.05) is 13.1 Å². The van der Waals surface area contributed by atoms with E-state index in [-0.39, 0.29) is 36.1 Å². The van der Waals surface area contributed by atoms with Gasteiger partial charge in [-0.3, -0.25) is 0 Å². The van der Waals surface area contributed by atoms with Gasteiger partial charge in [0.15, 0.2) is 0 Å². The summed E-state index contributed by atoms with van der Waals surface area (Å²) in [4.78, 5) is 0. The number of rotatable bonds is 5. The van der Waals surface area contributed by atoms with Crippen LogP contribution >= 0.6 is 0 Å². The molecule has 0 unspecified atom stereocenters. The molecule has 0 aromatic carbocycles. The van der Waals surface area contributed by atoms with Gasteiger partial charge in [-0.05, 0) is 0 Å². The van der Waals surface area contributed by atoms with Crippen molar-refractivity contribution in [3.05, 3.63) is 12.0 Å². The SMILES string of the molecule is C=CS(=O)(=O)ONCCN.[NaH]. The first-order valence-electron chi connectivity index (χ1n) is 2.61. The summed E-state index contributed by atoms with van der Waals surface area (Å²) in [5.41, 5.74) is 7.18. The molecular weight excluding hydrogens is 179 g/mol. The monoisotopic (exact) mass is 190 g/mol. The molecule has 0 aliphatic rings. The van der Waals surface area contributed by atoms with Crippen LogP contribution < -0.4 is 11.2 Å². The van der Waals surface area contributed by atoms with Crippen LogP contribution in [0.4, 0.5) is 0 Å². The van der Waals surface area contributed by atoms with Crippen molar-refractivity contribution in [1.29, 1.82) is 0 Å². The van der Waals surface area contributed by atoms with Gasteiger partial charge >= 0.3 is 39.7 Å². The molecule has 11 heavy (non-hydrogen) atoms. The van der Waals surface area contributed by atoms with Gasteiger partial charge in [-0.2, -0.15) is 18.2 Å². The van der Waals surface area contributed by atoms with Gasteiger partial charge in [0.25, 0.3) is 0 Å². The predicted molar refractivity (Wildman–Crippen MR) is 44.4 cm³/mol. The second-order valence-corrected chi connectivity index (χ2v) is 2.91. The van der Waals surface area contributed by atoms with Gasteiger partial charge in [-0.15, -0.1) is 0 Å². The first-order valence-corrected chi connectivity index (χ1v) is 4.08. The Morgan fingerprint density at radius 2 is 2.18 bits per heavy atom. The predicted octanol–water partition coefficient (Wildman–Crippen LogP) is -1.71. The molecule has 0 saturated heterocycles. The van der Waals surface area contributed by atoms with Crippen molar-refractivity contribution in [3.63, 3.8) is 0 Å². The van der Waals surface area contributed by atoms with Crippen molar-refractivity contribution in [1.82, 2.24) is 5.48 Å².